The maximum absolute atomic E-state index is 4.44. The van der Waals surface area contributed by atoms with E-state index in [0.717, 1.165) is 23.1 Å². The van der Waals surface area contributed by atoms with Crippen molar-refractivity contribution in [2.45, 2.75) is 26.4 Å². The first-order valence-electron chi connectivity index (χ1n) is 4.89. The Morgan fingerprint density at radius 3 is 3.07 bits per heavy atom. The summed E-state index contributed by atoms with van der Waals surface area (Å²) < 4.78 is 0. The molecule has 0 saturated carbocycles. The number of aryl methyl sites for hydroxylation is 1. The summed E-state index contributed by atoms with van der Waals surface area (Å²) in [7, 11) is 0. The number of nitrogens with zero attached hydrogens (tertiary/aromatic N) is 2. The average molecular weight is 222 g/mol. The van der Waals surface area contributed by atoms with Crippen LogP contribution in [0.25, 0.3) is 0 Å². The van der Waals surface area contributed by atoms with E-state index in [1.54, 1.807) is 17.5 Å². The third-order valence-electron chi connectivity index (χ3n) is 2.21. The van der Waals surface area contributed by atoms with Crippen LogP contribution in [0.1, 0.15) is 29.5 Å². The van der Waals surface area contributed by atoms with Crippen molar-refractivity contribution in [3.63, 3.8) is 0 Å². The summed E-state index contributed by atoms with van der Waals surface area (Å²) in [5.74, 6) is 0.953. The normalized spacial score (nSPS) is 12.9. The van der Waals surface area contributed by atoms with Crippen LogP contribution in [0.15, 0.2) is 17.8 Å². The predicted octanol–water partition coefficient (Wildman–Crippen LogP) is 2.03. The Labute approximate surface area is 92.8 Å². The molecule has 0 fully saturated rings. The Morgan fingerprint density at radius 1 is 1.60 bits per heavy atom. The average Bonchev–Trinajstić information content (AvgIpc) is 2.84. The van der Waals surface area contributed by atoms with Crippen LogP contribution in [0.4, 0.5) is 0 Å². The molecule has 15 heavy (non-hydrogen) atoms. The maximum Gasteiger partial charge on any atom is 0.120 e. The second-order valence-electron chi connectivity index (χ2n) is 3.43. The molecule has 1 atom stereocenters. The van der Waals surface area contributed by atoms with Gasteiger partial charge in [0.05, 0.1) is 17.2 Å². The molecule has 0 aliphatic carbocycles. The van der Waals surface area contributed by atoms with Crippen molar-refractivity contribution in [3.05, 3.63) is 34.3 Å². The molecule has 4 nitrogen and oxygen atoms in total. The van der Waals surface area contributed by atoms with Crippen LogP contribution in [-0.2, 0) is 6.54 Å². The minimum Gasteiger partial charge on any atom is -0.348 e. The van der Waals surface area contributed by atoms with Gasteiger partial charge in [-0.15, -0.1) is 11.3 Å². The molecule has 0 radical (unpaired) electrons. The van der Waals surface area contributed by atoms with Crippen LogP contribution in [0.3, 0.4) is 0 Å². The molecular formula is C10H14N4S. The summed E-state index contributed by atoms with van der Waals surface area (Å²) in [5, 5.41) is 6.57. The largest absolute Gasteiger partial charge is 0.348 e. The monoisotopic (exact) mass is 222 g/mol. The summed E-state index contributed by atoms with van der Waals surface area (Å²) in [6.07, 6.45) is 3.59. The van der Waals surface area contributed by atoms with E-state index >= 15 is 0 Å². The summed E-state index contributed by atoms with van der Waals surface area (Å²) in [4.78, 5) is 11.6. The highest BCUT2D eigenvalue weighted by Crippen LogP contribution is 2.15. The van der Waals surface area contributed by atoms with Gasteiger partial charge in [-0.1, -0.05) is 0 Å². The molecule has 0 aliphatic heterocycles. The van der Waals surface area contributed by atoms with E-state index in [4.69, 9.17) is 0 Å². The fourth-order valence-corrected chi connectivity index (χ4v) is 2.03. The van der Waals surface area contributed by atoms with Gasteiger partial charge in [-0.3, -0.25) is 0 Å². The summed E-state index contributed by atoms with van der Waals surface area (Å²) >= 11 is 1.68. The minimum atomic E-state index is 0.264. The molecule has 2 rings (SSSR count). The van der Waals surface area contributed by atoms with Crippen LogP contribution < -0.4 is 5.32 Å². The lowest BCUT2D eigenvalue weighted by Gasteiger charge is -2.09. The summed E-state index contributed by atoms with van der Waals surface area (Å²) in [6, 6.07) is 0.264. The van der Waals surface area contributed by atoms with E-state index in [9.17, 15) is 0 Å². The van der Waals surface area contributed by atoms with Crippen LogP contribution in [0, 0.1) is 6.92 Å². The van der Waals surface area contributed by atoms with Crippen molar-refractivity contribution >= 4 is 11.3 Å². The minimum absolute atomic E-state index is 0.264. The number of hydrogen-bond acceptors (Lipinski definition) is 4. The fraction of sp³-hybridized carbons (Fsp3) is 0.400. The number of nitrogens with one attached hydrogen (secondary N) is 2. The molecule has 5 heteroatoms. The lowest BCUT2D eigenvalue weighted by atomic mass is 10.2. The lowest BCUT2D eigenvalue weighted by Crippen LogP contribution is -2.19. The van der Waals surface area contributed by atoms with Gasteiger partial charge < -0.3 is 10.3 Å². The molecule has 0 aromatic carbocycles. The number of aromatic nitrogens is 3. The maximum atomic E-state index is 4.44. The van der Waals surface area contributed by atoms with Crippen LogP contribution in [0.2, 0.25) is 0 Å². The highest BCUT2D eigenvalue weighted by atomic mass is 32.1. The topological polar surface area (TPSA) is 53.6 Å². The number of hydrogen-bond donors (Lipinski definition) is 2. The van der Waals surface area contributed by atoms with Crippen LogP contribution in [-0.4, -0.2) is 15.0 Å². The molecule has 1 unspecified atom stereocenters. The van der Waals surface area contributed by atoms with Crippen molar-refractivity contribution in [3.8, 4) is 0 Å². The number of thiazole rings is 1. The van der Waals surface area contributed by atoms with E-state index in [2.05, 4.69) is 32.6 Å². The molecule has 80 valence electrons. The molecule has 0 amide bonds. The molecule has 2 heterocycles. The quantitative estimate of drug-likeness (QED) is 0.832. The van der Waals surface area contributed by atoms with Gasteiger partial charge in [0.1, 0.15) is 5.82 Å². The molecule has 2 aromatic rings. The first-order chi connectivity index (χ1) is 7.25. The van der Waals surface area contributed by atoms with Gasteiger partial charge in [-0.05, 0) is 13.8 Å². The molecule has 0 saturated heterocycles. The predicted molar refractivity (Wildman–Crippen MR) is 60.7 cm³/mol. The van der Waals surface area contributed by atoms with Gasteiger partial charge in [0, 0.05) is 23.8 Å². The fourth-order valence-electron chi connectivity index (χ4n) is 1.33. The lowest BCUT2D eigenvalue weighted by molar-refractivity contribution is 0.551. The van der Waals surface area contributed by atoms with Crippen molar-refractivity contribution in [1.82, 2.24) is 20.3 Å². The number of imidazole rings is 1. The van der Waals surface area contributed by atoms with Gasteiger partial charge in [-0.2, -0.15) is 0 Å². The Bertz CT molecular complexity index is 407. The molecule has 0 bridgehead atoms. The number of aromatic amines is 1. The second kappa shape index (κ2) is 4.55. The van der Waals surface area contributed by atoms with Crippen molar-refractivity contribution in [2.24, 2.45) is 0 Å². The SMILES string of the molecule is Cc1nc(C(C)NCc2ncc[nH]2)cs1. The van der Waals surface area contributed by atoms with Gasteiger partial charge in [0.2, 0.25) is 0 Å². The molecule has 0 spiro atoms. The first-order valence-corrected chi connectivity index (χ1v) is 5.77. The smallest absolute Gasteiger partial charge is 0.120 e. The molecular weight excluding hydrogens is 208 g/mol. The van der Waals surface area contributed by atoms with Crippen molar-refractivity contribution in [1.29, 1.82) is 0 Å². The zero-order valence-electron chi connectivity index (χ0n) is 8.82. The standard InChI is InChI=1S/C10H14N4S/c1-7(9-6-15-8(2)14-9)13-5-10-11-3-4-12-10/h3-4,6-7,13H,5H2,1-2H3,(H,11,12). The highest BCUT2D eigenvalue weighted by molar-refractivity contribution is 7.09. The number of H-pyrrole nitrogens is 1. The molecule has 2 aromatic heterocycles. The Kier molecular flexibility index (Phi) is 3.13. The Balaban J connectivity index is 1.90. The zero-order valence-corrected chi connectivity index (χ0v) is 9.64. The van der Waals surface area contributed by atoms with E-state index in [0.29, 0.717) is 0 Å². The Morgan fingerprint density at radius 2 is 2.47 bits per heavy atom. The third kappa shape index (κ3) is 2.64. The summed E-state index contributed by atoms with van der Waals surface area (Å²) in [5.41, 5.74) is 1.10. The highest BCUT2D eigenvalue weighted by Gasteiger charge is 2.08. The number of rotatable bonds is 4. The van der Waals surface area contributed by atoms with E-state index in [1.807, 2.05) is 13.1 Å². The van der Waals surface area contributed by atoms with Crippen molar-refractivity contribution < 1.29 is 0 Å². The van der Waals surface area contributed by atoms with Crippen LogP contribution in [0.5, 0.6) is 0 Å². The summed E-state index contributed by atoms with van der Waals surface area (Å²) in [6.45, 7) is 4.87. The zero-order chi connectivity index (χ0) is 10.7. The molecule has 2 N–H and O–H groups in total. The second-order valence-corrected chi connectivity index (χ2v) is 4.49. The van der Waals surface area contributed by atoms with E-state index in [-0.39, 0.29) is 6.04 Å². The Hall–Kier alpha value is -1.20. The third-order valence-corrected chi connectivity index (χ3v) is 3.00. The first kappa shape index (κ1) is 10.3. The van der Waals surface area contributed by atoms with Gasteiger partial charge >= 0.3 is 0 Å². The van der Waals surface area contributed by atoms with Crippen molar-refractivity contribution in [2.75, 3.05) is 0 Å². The van der Waals surface area contributed by atoms with Gasteiger partial charge in [-0.25, -0.2) is 9.97 Å². The van der Waals surface area contributed by atoms with Gasteiger partial charge in [0.15, 0.2) is 0 Å². The van der Waals surface area contributed by atoms with Crippen LogP contribution >= 0.6 is 11.3 Å². The van der Waals surface area contributed by atoms with E-state index < -0.39 is 0 Å². The van der Waals surface area contributed by atoms with E-state index in [1.165, 1.54) is 0 Å². The van der Waals surface area contributed by atoms with Gasteiger partial charge in [0.25, 0.3) is 0 Å². The molecule has 0 aliphatic rings.